The Balaban J connectivity index is 1.39. The van der Waals surface area contributed by atoms with Crippen LogP contribution >= 0.6 is 0 Å². The number of likely N-dealkylation sites (tertiary alicyclic amines) is 1. The van der Waals surface area contributed by atoms with Gasteiger partial charge in [0.2, 0.25) is 5.82 Å². The summed E-state index contributed by atoms with van der Waals surface area (Å²) >= 11 is 0. The number of carbonyl (C=O) groups excluding carboxylic acids is 1. The Morgan fingerprint density at radius 1 is 1.06 bits per heavy atom. The van der Waals surface area contributed by atoms with E-state index in [2.05, 4.69) is 41.4 Å². The molecule has 1 aliphatic rings. The Labute approximate surface area is 185 Å². The van der Waals surface area contributed by atoms with Crippen molar-refractivity contribution in [2.24, 2.45) is 0 Å². The van der Waals surface area contributed by atoms with Crippen LogP contribution in [0.3, 0.4) is 0 Å². The second kappa shape index (κ2) is 8.24. The number of carbonyl (C=O) groups is 1. The minimum absolute atomic E-state index is 0.0307. The van der Waals surface area contributed by atoms with Gasteiger partial charge in [0.15, 0.2) is 5.69 Å². The number of amides is 1. The summed E-state index contributed by atoms with van der Waals surface area (Å²) in [5.74, 6) is -1.87. The first-order chi connectivity index (χ1) is 15.9. The molecule has 0 atom stereocenters. The number of rotatable bonds is 5. The highest BCUT2D eigenvalue weighted by Crippen LogP contribution is 2.28. The fourth-order valence-electron chi connectivity index (χ4n) is 3.63. The second-order valence-corrected chi connectivity index (χ2v) is 7.79. The molecule has 0 bridgehead atoms. The highest BCUT2D eigenvalue weighted by Gasteiger charge is 2.34. The summed E-state index contributed by atoms with van der Waals surface area (Å²) in [6, 6.07) is 7.64. The predicted molar refractivity (Wildman–Crippen MR) is 114 cm³/mol. The van der Waals surface area contributed by atoms with Crippen LogP contribution in [0.5, 0.6) is 0 Å². The van der Waals surface area contributed by atoms with Crippen molar-refractivity contribution < 1.29 is 18.0 Å². The highest BCUT2D eigenvalue weighted by molar-refractivity contribution is 6.11. The molecule has 0 radical (unpaired) electrons. The van der Waals surface area contributed by atoms with E-state index in [4.69, 9.17) is 0 Å². The molecule has 1 aliphatic heterocycles. The fourth-order valence-corrected chi connectivity index (χ4v) is 3.63. The molecule has 5 rings (SSSR count). The quantitative estimate of drug-likeness (QED) is 0.476. The van der Waals surface area contributed by atoms with E-state index in [-0.39, 0.29) is 11.4 Å². The third-order valence-electron chi connectivity index (χ3n) is 5.42. The smallest absolute Gasteiger partial charge is 0.318 e. The van der Waals surface area contributed by atoms with E-state index in [1.807, 2.05) is 24.4 Å². The number of benzene rings is 1. The van der Waals surface area contributed by atoms with Gasteiger partial charge in [0.05, 0.1) is 23.6 Å². The lowest BCUT2D eigenvalue weighted by Gasteiger charge is -2.30. The van der Waals surface area contributed by atoms with Gasteiger partial charge >= 0.3 is 6.18 Å². The standard InChI is InChI=1S/C22H18F3N7O/c23-22(24,25)21-27-10-16(11-28-21)29-20(33)19-17-7-14(2-3-18(17)30-31-19)15-6-13(8-26-9-15)12-32-4-1-5-32/h2-3,6-11H,1,4-5,12H2,(H,29,33)(H,30,31). The van der Waals surface area contributed by atoms with Crippen LogP contribution in [-0.4, -0.2) is 49.0 Å². The van der Waals surface area contributed by atoms with Gasteiger partial charge in [-0.1, -0.05) is 6.07 Å². The van der Waals surface area contributed by atoms with E-state index in [9.17, 15) is 18.0 Å². The van der Waals surface area contributed by atoms with Crippen LogP contribution in [0.25, 0.3) is 22.0 Å². The molecule has 0 spiro atoms. The number of fused-ring (bicyclic) bond motifs is 1. The summed E-state index contributed by atoms with van der Waals surface area (Å²) < 4.78 is 37.9. The molecule has 168 valence electrons. The maximum atomic E-state index is 12.7. The van der Waals surface area contributed by atoms with Crippen molar-refractivity contribution in [2.45, 2.75) is 19.1 Å². The van der Waals surface area contributed by atoms with Crippen molar-refractivity contribution in [3.05, 3.63) is 66.1 Å². The molecule has 4 heterocycles. The first-order valence-electron chi connectivity index (χ1n) is 10.2. The SMILES string of the molecule is O=C(Nc1cnc(C(F)(F)F)nc1)c1n[nH]c2ccc(-c3cncc(CN4CCC4)c3)cc12. The molecule has 4 aromatic rings. The molecular formula is C22H18F3N7O. The average Bonchev–Trinajstić information content (AvgIpc) is 3.20. The first kappa shape index (κ1) is 21.0. The van der Waals surface area contributed by atoms with Crippen LogP contribution in [0.2, 0.25) is 0 Å². The van der Waals surface area contributed by atoms with Crippen molar-refractivity contribution in [1.29, 1.82) is 0 Å². The minimum atomic E-state index is -4.65. The number of hydrogen-bond donors (Lipinski definition) is 2. The largest absolute Gasteiger partial charge is 0.451 e. The Hall–Kier alpha value is -3.86. The van der Waals surface area contributed by atoms with E-state index in [1.165, 1.54) is 6.42 Å². The molecular weight excluding hydrogens is 435 g/mol. The minimum Gasteiger partial charge on any atom is -0.318 e. The Morgan fingerprint density at radius 3 is 2.55 bits per heavy atom. The number of nitrogens with one attached hydrogen (secondary N) is 2. The van der Waals surface area contributed by atoms with Crippen LogP contribution in [0.1, 0.15) is 28.3 Å². The third kappa shape index (κ3) is 4.40. The Morgan fingerprint density at radius 2 is 1.85 bits per heavy atom. The normalized spacial score (nSPS) is 14.3. The average molecular weight is 453 g/mol. The van der Waals surface area contributed by atoms with Crippen LogP contribution in [-0.2, 0) is 12.7 Å². The number of pyridine rings is 1. The number of hydrogen-bond acceptors (Lipinski definition) is 6. The van der Waals surface area contributed by atoms with Crippen molar-refractivity contribution in [1.82, 2.24) is 30.0 Å². The molecule has 11 heteroatoms. The Kier molecular flexibility index (Phi) is 5.25. The van der Waals surface area contributed by atoms with Crippen molar-refractivity contribution in [2.75, 3.05) is 18.4 Å². The van der Waals surface area contributed by atoms with Gasteiger partial charge in [-0.05, 0) is 48.8 Å². The van der Waals surface area contributed by atoms with Crippen LogP contribution in [0.4, 0.5) is 18.9 Å². The van der Waals surface area contributed by atoms with E-state index < -0.39 is 17.9 Å². The number of nitrogens with zero attached hydrogens (tertiary/aromatic N) is 5. The molecule has 8 nitrogen and oxygen atoms in total. The van der Waals surface area contributed by atoms with Crippen LogP contribution in [0, 0.1) is 0 Å². The monoisotopic (exact) mass is 453 g/mol. The van der Waals surface area contributed by atoms with Crippen molar-refractivity contribution >= 4 is 22.5 Å². The molecule has 1 saturated heterocycles. The third-order valence-corrected chi connectivity index (χ3v) is 5.42. The summed E-state index contributed by atoms with van der Waals surface area (Å²) in [5.41, 5.74) is 3.68. The van der Waals surface area contributed by atoms with Crippen molar-refractivity contribution in [3.8, 4) is 11.1 Å². The molecule has 2 N–H and O–H groups in total. The summed E-state index contributed by atoms with van der Waals surface area (Å²) in [7, 11) is 0. The van der Waals surface area contributed by atoms with Gasteiger partial charge in [-0.3, -0.25) is 19.8 Å². The first-order valence-corrected chi connectivity index (χ1v) is 10.2. The number of H-pyrrole nitrogens is 1. The van der Waals surface area contributed by atoms with Gasteiger partial charge in [0.25, 0.3) is 5.91 Å². The molecule has 33 heavy (non-hydrogen) atoms. The zero-order chi connectivity index (χ0) is 23.0. The molecule has 1 fully saturated rings. The number of halogens is 3. The zero-order valence-corrected chi connectivity index (χ0v) is 17.2. The summed E-state index contributed by atoms with van der Waals surface area (Å²) in [5, 5.41) is 9.94. The Bertz CT molecular complexity index is 1310. The van der Waals surface area contributed by atoms with E-state index in [0.717, 1.165) is 48.7 Å². The zero-order valence-electron chi connectivity index (χ0n) is 17.2. The van der Waals surface area contributed by atoms with E-state index in [0.29, 0.717) is 10.9 Å². The second-order valence-electron chi connectivity index (χ2n) is 7.79. The molecule has 1 aromatic carbocycles. The predicted octanol–water partition coefficient (Wildman–Crippen LogP) is 3.89. The molecule has 0 unspecified atom stereocenters. The summed E-state index contributed by atoms with van der Waals surface area (Å²) in [6.07, 6.45) is 1.99. The number of alkyl halides is 3. The summed E-state index contributed by atoms with van der Waals surface area (Å²) in [4.78, 5) is 25.9. The van der Waals surface area contributed by atoms with Gasteiger partial charge in [0.1, 0.15) is 0 Å². The van der Waals surface area contributed by atoms with Gasteiger partial charge in [-0.2, -0.15) is 18.3 Å². The van der Waals surface area contributed by atoms with Gasteiger partial charge in [0, 0.05) is 29.9 Å². The molecule has 0 saturated carbocycles. The van der Waals surface area contributed by atoms with Crippen LogP contribution in [0.15, 0.2) is 49.1 Å². The lowest BCUT2D eigenvalue weighted by Crippen LogP contribution is -2.36. The number of anilines is 1. The maximum absolute atomic E-state index is 12.7. The fraction of sp³-hybridized carbons (Fsp3) is 0.227. The van der Waals surface area contributed by atoms with Gasteiger partial charge in [-0.25, -0.2) is 9.97 Å². The van der Waals surface area contributed by atoms with Gasteiger partial charge in [-0.15, -0.1) is 0 Å². The topological polar surface area (TPSA) is 99.7 Å². The number of aromatic nitrogens is 5. The molecule has 1 amide bonds. The maximum Gasteiger partial charge on any atom is 0.451 e. The molecule has 0 aliphatic carbocycles. The highest BCUT2D eigenvalue weighted by atomic mass is 19.4. The van der Waals surface area contributed by atoms with Crippen LogP contribution < -0.4 is 5.32 Å². The summed E-state index contributed by atoms with van der Waals surface area (Å²) in [6.45, 7) is 3.03. The number of aromatic amines is 1. The van der Waals surface area contributed by atoms with E-state index >= 15 is 0 Å². The van der Waals surface area contributed by atoms with E-state index in [1.54, 1.807) is 6.20 Å². The van der Waals surface area contributed by atoms with Crippen molar-refractivity contribution in [3.63, 3.8) is 0 Å². The lowest BCUT2D eigenvalue weighted by atomic mass is 10.0. The lowest BCUT2D eigenvalue weighted by molar-refractivity contribution is -0.144. The molecule has 3 aromatic heterocycles. The van der Waals surface area contributed by atoms with Gasteiger partial charge < -0.3 is 5.32 Å².